The Kier molecular flexibility index (Phi) is 5.25. The lowest BCUT2D eigenvalue weighted by Crippen LogP contribution is -2.40. The van der Waals surface area contributed by atoms with Crippen LogP contribution in [0.1, 0.15) is 61.0 Å². The number of nitrogens with one attached hydrogen (secondary N) is 2. The molecule has 0 radical (unpaired) electrons. The summed E-state index contributed by atoms with van der Waals surface area (Å²) in [7, 11) is 3.85. The Bertz CT molecular complexity index is 1180. The average Bonchev–Trinajstić information content (AvgIpc) is 3.44. The minimum atomic E-state index is -0.165. The largest absolute Gasteiger partial charge is 0.494 e. The van der Waals surface area contributed by atoms with E-state index in [1.165, 1.54) is 12.8 Å². The predicted molar refractivity (Wildman–Crippen MR) is 125 cm³/mol. The van der Waals surface area contributed by atoms with E-state index >= 15 is 0 Å². The van der Waals surface area contributed by atoms with Gasteiger partial charge in [0, 0.05) is 35.6 Å². The Hall–Kier alpha value is -3.13. The molecule has 0 saturated carbocycles. The third kappa shape index (κ3) is 3.48. The number of aromatic nitrogens is 3. The van der Waals surface area contributed by atoms with Crippen LogP contribution in [0.4, 0.5) is 5.69 Å². The van der Waals surface area contributed by atoms with Gasteiger partial charge in [0.15, 0.2) is 5.88 Å². The Morgan fingerprint density at radius 2 is 2.03 bits per heavy atom. The van der Waals surface area contributed by atoms with Crippen molar-refractivity contribution in [3.05, 3.63) is 41.7 Å². The molecule has 2 saturated heterocycles. The van der Waals surface area contributed by atoms with Crippen molar-refractivity contribution in [2.24, 2.45) is 4.99 Å². The van der Waals surface area contributed by atoms with E-state index in [0.29, 0.717) is 35.7 Å². The molecule has 1 amide bonds. The van der Waals surface area contributed by atoms with Gasteiger partial charge in [0.25, 0.3) is 5.91 Å². The summed E-state index contributed by atoms with van der Waals surface area (Å²) in [6, 6.07) is 7.06. The highest BCUT2D eigenvalue weighted by Crippen LogP contribution is 2.40. The van der Waals surface area contributed by atoms with Crippen molar-refractivity contribution in [1.29, 1.82) is 0 Å². The van der Waals surface area contributed by atoms with E-state index < -0.39 is 0 Å². The van der Waals surface area contributed by atoms with Gasteiger partial charge in [-0.05, 0) is 57.4 Å². The van der Waals surface area contributed by atoms with Crippen molar-refractivity contribution in [2.45, 2.75) is 57.2 Å². The normalized spacial score (nSPS) is 23.7. The second kappa shape index (κ2) is 8.09. The maximum atomic E-state index is 12.1. The minimum Gasteiger partial charge on any atom is -0.494 e. The smallest absolute Gasteiger partial charge is 0.251 e. The Balaban J connectivity index is 1.47. The molecule has 2 bridgehead atoms. The van der Waals surface area contributed by atoms with Crippen LogP contribution in [0.2, 0.25) is 0 Å². The molecule has 2 aliphatic rings. The van der Waals surface area contributed by atoms with Gasteiger partial charge in [0.2, 0.25) is 0 Å². The van der Waals surface area contributed by atoms with E-state index in [0.717, 1.165) is 35.1 Å². The first-order chi connectivity index (χ1) is 15.5. The Morgan fingerprint density at radius 3 is 2.72 bits per heavy atom. The third-order valence-corrected chi connectivity index (χ3v) is 7.19. The van der Waals surface area contributed by atoms with Crippen LogP contribution in [0, 0.1) is 0 Å². The van der Waals surface area contributed by atoms with Gasteiger partial charge >= 0.3 is 0 Å². The van der Waals surface area contributed by atoms with E-state index in [-0.39, 0.29) is 11.8 Å². The van der Waals surface area contributed by atoms with E-state index in [1.54, 1.807) is 25.4 Å². The van der Waals surface area contributed by atoms with Crippen LogP contribution < -0.4 is 5.32 Å². The summed E-state index contributed by atoms with van der Waals surface area (Å²) < 4.78 is 2.07. The van der Waals surface area contributed by atoms with Crippen molar-refractivity contribution in [3.63, 3.8) is 0 Å². The minimum absolute atomic E-state index is 0.0638. The monoisotopic (exact) mass is 434 g/mol. The van der Waals surface area contributed by atoms with E-state index in [4.69, 9.17) is 4.99 Å². The summed E-state index contributed by atoms with van der Waals surface area (Å²) in [4.78, 5) is 22.5. The van der Waals surface area contributed by atoms with Gasteiger partial charge in [-0.25, -0.2) is 4.99 Å². The van der Waals surface area contributed by atoms with E-state index in [9.17, 15) is 9.90 Å². The number of hydrogen-bond acceptors (Lipinski definition) is 5. The molecular formula is C24H30N6O2. The average molecular weight is 435 g/mol. The Morgan fingerprint density at radius 1 is 1.28 bits per heavy atom. The van der Waals surface area contributed by atoms with Gasteiger partial charge in [-0.1, -0.05) is 6.92 Å². The number of aromatic hydroxyl groups is 1. The van der Waals surface area contributed by atoms with Gasteiger partial charge in [-0.3, -0.25) is 9.48 Å². The predicted octanol–water partition coefficient (Wildman–Crippen LogP) is 3.76. The second-order valence-electron chi connectivity index (χ2n) is 8.95. The van der Waals surface area contributed by atoms with Gasteiger partial charge in [0.05, 0.1) is 29.7 Å². The highest BCUT2D eigenvalue weighted by Gasteiger charge is 2.39. The van der Waals surface area contributed by atoms with Crippen molar-refractivity contribution in [3.8, 4) is 5.88 Å². The molecule has 3 aromatic rings. The van der Waals surface area contributed by atoms with Crippen LogP contribution in [0.25, 0.3) is 10.9 Å². The number of aliphatic imine (C=N–C) groups is 1. The molecule has 2 aliphatic heterocycles. The summed E-state index contributed by atoms with van der Waals surface area (Å²) in [5, 5.41) is 18.7. The zero-order chi connectivity index (χ0) is 22.4. The Labute approximate surface area is 187 Å². The first-order valence-corrected chi connectivity index (χ1v) is 11.4. The fraction of sp³-hybridized carbons (Fsp3) is 0.458. The molecule has 2 fully saturated rings. The number of benzene rings is 1. The van der Waals surface area contributed by atoms with Crippen LogP contribution in [-0.4, -0.2) is 62.6 Å². The van der Waals surface area contributed by atoms with Crippen molar-refractivity contribution < 1.29 is 9.90 Å². The number of aromatic amines is 1. The van der Waals surface area contributed by atoms with E-state index in [1.807, 2.05) is 19.2 Å². The quantitative estimate of drug-likeness (QED) is 0.533. The summed E-state index contributed by atoms with van der Waals surface area (Å²) in [6.45, 7) is 2.01. The molecule has 0 spiro atoms. The number of rotatable bonds is 5. The number of amides is 1. The lowest BCUT2D eigenvalue weighted by Gasteiger charge is -2.36. The molecule has 2 unspecified atom stereocenters. The summed E-state index contributed by atoms with van der Waals surface area (Å²) in [5.74, 6) is -0.101. The summed E-state index contributed by atoms with van der Waals surface area (Å²) >= 11 is 0. The number of piperidine rings is 1. The molecule has 32 heavy (non-hydrogen) atoms. The lowest BCUT2D eigenvalue weighted by molar-refractivity contribution is 0.0963. The molecule has 1 aromatic carbocycles. The maximum absolute atomic E-state index is 12.1. The van der Waals surface area contributed by atoms with Crippen LogP contribution in [-0.2, 0) is 0 Å². The zero-order valence-corrected chi connectivity index (χ0v) is 18.8. The van der Waals surface area contributed by atoms with Crippen LogP contribution in [0.5, 0.6) is 5.88 Å². The van der Waals surface area contributed by atoms with Gasteiger partial charge in [0.1, 0.15) is 5.69 Å². The summed E-state index contributed by atoms with van der Waals surface area (Å²) in [5.41, 5.74) is 3.48. The number of fused-ring (bicyclic) bond motifs is 3. The lowest BCUT2D eigenvalue weighted by atomic mass is 9.98. The zero-order valence-electron chi connectivity index (χ0n) is 18.8. The van der Waals surface area contributed by atoms with Gasteiger partial charge in [-0.15, -0.1) is 0 Å². The van der Waals surface area contributed by atoms with E-state index in [2.05, 4.69) is 32.0 Å². The highest BCUT2D eigenvalue weighted by atomic mass is 16.3. The third-order valence-electron chi connectivity index (χ3n) is 7.19. The van der Waals surface area contributed by atoms with Crippen LogP contribution >= 0.6 is 0 Å². The standard InChI is InChI=1S/C24H30N6O2/c1-4-20(22-19-9-14(23(31)25-2)5-8-21(19)28-24(22)32)27-15-12-26-30(13-15)18-10-16-6-7-17(11-18)29(16)3/h5,8-9,12-13,16-18,28,32H,4,6-7,10-11H2,1-3H3,(H,25,31). The number of H-pyrrole nitrogens is 1. The van der Waals surface area contributed by atoms with Gasteiger partial charge in [-0.2, -0.15) is 5.10 Å². The molecule has 2 aromatic heterocycles. The molecule has 3 N–H and O–H groups in total. The molecule has 5 rings (SSSR count). The van der Waals surface area contributed by atoms with Crippen molar-refractivity contribution in [1.82, 2.24) is 25.0 Å². The first kappa shape index (κ1) is 20.8. The summed E-state index contributed by atoms with van der Waals surface area (Å²) in [6.07, 6.45) is 9.27. The van der Waals surface area contributed by atoms with Crippen molar-refractivity contribution in [2.75, 3.05) is 14.1 Å². The fourth-order valence-electron chi connectivity index (χ4n) is 5.41. The molecule has 168 valence electrons. The maximum Gasteiger partial charge on any atom is 0.251 e. The van der Waals surface area contributed by atoms with Crippen LogP contribution in [0.15, 0.2) is 35.6 Å². The fourth-order valence-corrected chi connectivity index (χ4v) is 5.41. The molecule has 0 aliphatic carbocycles. The van der Waals surface area contributed by atoms with Gasteiger partial charge < -0.3 is 20.3 Å². The number of carbonyl (C=O) groups excluding carboxylic acids is 1. The number of nitrogens with zero attached hydrogens (tertiary/aromatic N) is 4. The molecule has 8 nitrogen and oxygen atoms in total. The topological polar surface area (TPSA) is 98.5 Å². The van der Waals surface area contributed by atoms with Crippen molar-refractivity contribution >= 4 is 28.2 Å². The first-order valence-electron chi connectivity index (χ1n) is 11.4. The van der Waals surface area contributed by atoms with Crippen LogP contribution in [0.3, 0.4) is 0 Å². The SMILES string of the molecule is CCC(=Nc1cnn(C2CC3CCC(C2)N3C)c1)c1c(O)[nH]c2ccc(C(=O)NC)cc12. The number of carbonyl (C=O) groups is 1. The molecule has 2 atom stereocenters. The molecule has 4 heterocycles. The number of hydrogen-bond donors (Lipinski definition) is 3. The molecule has 8 heteroatoms. The highest BCUT2D eigenvalue weighted by molar-refractivity contribution is 6.14. The second-order valence-corrected chi connectivity index (χ2v) is 8.95. The molecular weight excluding hydrogens is 404 g/mol.